The van der Waals surface area contributed by atoms with E-state index in [9.17, 15) is 0 Å². The molecule has 0 atom stereocenters. The molecule has 0 N–H and O–H groups in total. The zero-order valence-corrected chi connectivity index (χ0v) is 9.48. The molecule has 1 aliphatic rings. The highest BCUT2D eigenvalue weighted by Gasteiger charge is 2.14. The number of thiol groups is 1. The smallest absolute Gasteiger partial charge is 0.231 e. The van der Waals surface area contributed by atoms with Gasteiger partial charge in [0.2, 0.25) is 6.79 Å². The van der Waals surface area contributed by atoms with Crippen molar-refractivity contribution in [3.05, 3.63) is 30.3 Å². The summed E-state index contributed by atoms with van der Waals surface area (Å²) in [4.78, 5) is 1.19. The van der Waals surface area contributed by atoms with Crippen LogP contribution in [0.15, 0.2) is 34.5 Å². The molecule has 0 radical (unpaired) electrons. The topological polar surface area (TPSA) is 18.5 Å². The van der Waals surface area contributed by atoms with Gasteiger partial charge < -0.3 is 9.47 Å². The monoisotopic (exact) mass is 236 g/mol. The van der Waals surface area contributed by atoms with Crippen molar-refractivity contribution < 1.29 is 9.47 Å². The van der Waals surface area contributed by atoms with Crippen molar-refractivity contribution in [2.75, 3.05) is 6.79 Å². The molecule has 2 nitrogen and oxygen atoms in total. The second-order valence-corrected chi connectivity index (χ2v) is 5.07. The fourth-order valence-corrected chi connectivity index (χ4v) is 2.64. The summed E-state index contributed by atoms with van der Waals surface area (Å²) in [6.45, 7) is 0.320. The van der Waals surface area contributed by atoms with Gasteiger partial charge in [-0.15, -0.1) is 24.0 Å². The molecule has 2 aromatic rings. The van der Waals surface area contributed by atoms with E-state index in [2.05, 4.69) is 18.7 Å². The van der Waals surface area contributed by atoms with Crippen LogP contribution in [0.25, 0.3) is 10.4 Å². The fraction of sp³-hybridized carbons (Fsp3) is 0.0909. The van der Waals surface area contributed by atoms with E-state index in [1.807, 2.05) is 24.3 Å². The lowest BCUT2D eigenvalue weighted by atomic mass is 10.2. The largest absolute Gasteiger partial charge is 0.454 e. The molecule has 0 unspecified atom stereocenters. The molecular formula is C11H8O2S2. The van der Waals surface area contributed by atoms with Gasteiger partial charge in [-0.25, -0.2) is 0 Å². The van der Waals surface area contributed by atoms with E-state index in [4.69, 9.17) is 9.47 Å². The molecule has 0 bridgehead atoms. The summed E-state index contributed by atoms with van der Waals surface area (Å²) in [6, 6.07) is 10.0. The van der Waals surface area contributed by atoms with E-state index in [0.29, 0.717) is 6.79 Å². The van der Waals surface area contributed by atoms with Crippen molar-refractivity contribution in [3.8, 4) is 21.9 Å². The molecule has 0 fully saturated rings. The second kappa shape index (κ2) is 3.47. The van der Waals surface area contributed by atoms with Crippen LogP contribution < -0.4 is 9.47 Å². The Hall–Kier alpha value is -1.13. The quantitative estimate of drug-likeness (QED) is 0.765. The molecule has 2 heterocycles. The highest BCUT2D eigenvalue weighted by molar-refractivity contribution is 7.83. The van der Waals surface area contributed by atoms with Gasteiger partial charge in [0.25, 0.3) is 0 Å². The van der Waals surface area contributed by atoms with Gasteiger partial charge in [-0.3, -0.25) is 0 Å². The fourth-order valence-electron chi connectivity index (χ4n) is 1.53. The number of fused-ring (bicyclic) bond motifs is 1. The van der Waals surface area contributed by atoms with Crippen molar-refractivity contribution in [1.29, 1.82) is 0 Å². The Morgan fingerprint density at radius 2 is 1.93 bits per heavy atom. The second-order valence-electron chi connectivity index (χ2n) is 3.21. The van der Waals surface area contributed by atoms with Crippen LogP contribution in [0.3, 0.4) is 0 Å². The summed E-state index contributed by atoms with van der Waals surface area (Å²) in [5.74, 6) is 1.64. The van der Waals surface area contributed by atoms with Gasteiger partial charge in [0.05, 0.1) is 4.21 Å². The lowest BCUT2D eigenvalue weighted by Crippen LogP contribution is -1.92. The molecule has 1 aromatic heterocycles. The highest BCUT2D eigenvalue weighted by Crippen LogP contribution is 2.38. The average molecular weight is 236 g/mol. The Kier molecular flexibility index (Phi) is 2.11. The van der Waals surface area contributed by atoms with Crippen molar-refractivity contribution in [2.45, 2.75) is 4.21 Å². The summed E-state index contributed by atoms with van der Waals surface area (Å²) in [7, 11) is 0. The third-order valence-electron chi connectivity index (χ3n) is 2.25. The molecule has 0 amide bonds. The van der Waals surface area contributed by atoms with Crippen LogP contribution in [0, 0.1) is 0 Å². The van der Waals surface area contributed by atoms with Gasteiger partial charge in [-0.2, -0.15) is 0 Å². The lowest BCUT2D eigenvalue weighted by Gasteiger charge is -1.99. The predicted octanol–water partition coefficient (Wildman–Crippen LogP) is 3.43. The van der Waals surface area contributed by atoms with E-state index in [0.717, 1.165) is 21.3 Å². The minimum atomic E-state index is 0.320. The molecule has 76 valence electrons. The number of benzene rings is 1. The Morgan fingerprint density at radius 3 is 2.73 bits per heavy atom. The maximum atomic E-state index is 5.33. The number of rotatable bonds is 1. The molecule has 1 aliphatic heterocycles. The Bertz CT molecular complexity index is 505. The third-order valence-corrected chi connectivity index (χ3v) is 3.61. The normalized spacial score (nSPS) is 13.1. The minimum absolute atomic E-state index is 0.320. The Balaban J connectivity index is 2.06. The highest BCUT2D eigenvalue weighted by atomic mass is 32.2. The number of hydrogen-bond donors (Lipinski definition) is 1. The van der Waals surface area contributed by atoms with E-state index in [1.165, 1.54) is 4.88 Å². The van der Waals surface area contributed by atoms with E-state index >= 15 is 0 Å². The van der Waals surface area contributed by atoms with E-state index < -0.39 is 0 Å². The standard InChI is InChI=1S/C11H8O2S2/c14-11-4-3-10(15-11)7-1-2-8-9(5-7)13-6-12-8/h1-5,14H,6H2. The number of ether oxygens (including phenoxy) is 2. The molecule has 15 heavy (non-hydrogen) atoms. The summed E-state index contributed by atoms with van der Waals surface area (Å²) in [5.41, 5.74) is 1.14. The van der Waals surface area contributed by atoms with Crippen LogP contribution in [0.4, 0.5) is 0 Å². The van der Waals surface area contributed by atoms with Crippen molar-refractivity contribution in [2.24, 2.45) is 0 Å². The SMILES string of the molecule is Sc1ccc(-c2ccc3c(c2)OCO3)s1. The first-order chi connectivity index (χ1) is 7.33. The van der Waals surface area contributed by atoms with Crippen LogP contribution >= 0.6 is 24.0 Å². The Morgan fingerprint density at radius 1 is 1.07 bits per heavy atom. The first kappa shape index (κ1) is 9.12. The van der Waals surface area contributed by atoms with Crippen LogP contribution in [0.1, 0.15) is 0 Å². The summed E-state index contributed by atoms with van der Waals surface area (Å²) < 4.78 is 11.6. The molecule has 0 saturated carbocycles. The van der Waals surface area contributed by atoms with Crippen molar-refractivity contribution in [1.82, 2.24) is 0 Å². The first-order valence-electron chi connectivity index (χ1n) is 4.52. The number of thiophene rings is 1. The zero-order valence-electron chi connectivity index (χ0n) is 7.77. The van der Waals surface area contributed by atoms with Gasteiger partial charge in [0, 0.05) is 4.88 Å². The molecule has 1 aromatic carbocycles. The van der Waals surface area contributed by atoms with Gasteiger partial charge in [0.1, 0.15) is 0 Å². The van der Waals surface area contributed by atoms with E-state index in [-0.39, 0.29) is 0 Å². The molecule has 0 spiro atoms. The Labute approximate surface area is 96.9 Å². The maximum Gasteiger partial charge on any atom is 0.231 e. The zero-order chi connectivity index (χ0) is 10.3. The average Bonchev–Trinajstić information content (AvgIpc) is 2.84. The van der Waals surface area contributed by atoms with Crippen LogP contribution in [-0.2, 0) is 0 Å². The summed E-state index contributed by atoms with van der Waals surface area (Å²) in [5, 5.41) is 0. The minimum Gasteiger partial charge on any atom is -0.454 e. The van der Waals surface area contributed by atoms with Crippen molar-refractivity contribution in [3.63, 3.8) is 0 Å². The van der Waals surface area contributed by atoms with Gasteiger partial charge in [-0.1, -0.05) is 0 Å². The molecule has 4 heteroatoms. The number of hydrogen-bond acceptors (Lipinski definition) is 4. The van der Waals surface area contributed by atoms with E-state index in [1.54, 1.807) is 11.3 Å². The summed E-state index contributed by atoms with van der Waals surface area (Å²) >= 11 is 5.95. The molecule has 0 saturated heterocycles. The van der Waals surface area contributed by atoms with Crippen LogP contribution in [0.5, 0.6) is 11.5 Å². The molecular weight excluding hydrogens is 228 g/mol. The molecule has 0 aliphatic carbocycles. The van der Waals surface area contributed by atoms with Gasteiger partial charge in [-0.05, 0) is 35.9 Å². The summed E-state index contributed by atoms with van der Waals surface area (Å²) in [6.07, 6.45) is 0. The predicted molar refractivity (Wildman–Crippen MR) is 63.1 cm³/mol. The van der Waals surface area contributed by atoms with Crippen LogP contribution in [-0.4, -0.2) is 6.79 Å². The lowest BCUT2D eigenvalue weighted by molar-refractivity contribution is 0.174. The van der Waals surface area contributed by atoms with Crippen molar-refractivity contribution >= 4 is 24.0 Å². The van der Waals surface area contributed by atoms with Crippen LogP contribution in [0.2, 0.25) is 0 Å². The third kappa shape index (κ3) is 1.60. The first-order valence-corrected chi connectivity index (χ1v) is 5.78. The van der Waals surface area contributed by atoms with Gasteiger partial charge in [0.15, 0.2) is 11.5 Å². The van der Waals surface area contributed by atoms with Gasteiger partial charge >= 0.3 is 0 Å². The maximum absolute atomic E-state index is 5.33. The molecule has 3 rings (SSSR count).